The Morgan fingerprint density at radius 2 is 2.18 bits per heavy atom. The second kappa shape index (κ2) is 4.83. The molecule has 0 unspecified atom stereocenters. The summed E-state index contributed by atoms with van der Waals surface area (Å²) < 4.78 is 15.2. The van der Waals surface area contributed by atoms with Gasteiger partial charge in [0.15, 0.2) is 0 Å². The molecule has 0 N–H and O–H groups in total. The van der Waals surface area contributed by atoms with Gasteiger partial charge in [0.2, 0.25) is 5.91 Å². The molecule has 6 heteroatoms. The molecule has 1 aromatic carbocycles. The SMILES string of the molecule is Cn1cc(N2CC[C@H](N3CCc4ccc(F)cc43)C2=O)cn1. The van der Waals surface area contributed by atoms with Crippen LogP contribution in [0.1, 0.15) is 12.0 Å². The van der Waals surface area contributed by atoms with Gasteiger partial charge in [-0.3, -0.25) is 9.48 Å². The van der Waals surface area contributed by atoms with Gasteiger partial charge in [-0.1, -0.05) is 6.07 Å². The molecule has 1 saturated heterocycles. The number of nitrogens with zero attached hydrogens (tertiary/aromatic N) is 4. The summed E-state index contributed by atoms with van der Waals surface area (Å²) in [6.45, 7) is 1.45. The summed E-state index contributed by atoms with van der Waals surface area (Å²) in [5.74, 6) is -0.176. The highest BCUT2D eigenvalue weighted by Gasteiger charge is 2.39. The fourth-order valence-electron chi connectivity index (χ4n) is 3.46. The van der Waals surface area contributed by atoms with Crippen LogP contribution in [0.3, 0.4) is 0 Å². The molecule has 114 valence electrons. The van der Waals surface area contributed by atoms with Crippen molar-refractivity contribution in [1.29, 1.82) is 0 Å². The van der Waals surface area contributed by atoms with E-state index in [0.29, 0.717) is 6.54 Å². The fraction of sp³-hybridized carbons (Fsp3) is 0.375. The second-order valence-electron chi connectivity index (χ2n) is 5.88. The molecule has 0 spiro atoms. The number of carbonyl (C=O) groups excluding carboxylic acids is 1. The van der Waals surface area contributed by atoms with Crippen LogP contribution in [0.25, 0.3) is 0 Å². The van der Waals surface area contributed by atoms with Crippen molar-refractivity contribution in [3.05, 3.63) is 42.0 Å². The first kappa shape index (κ1) is 13.3. The van der Waals surface area contributed by atoms with Crippen molar-refractivity contribution >= 4 is 17.3 Å². The molecular formula is C16H17FN4O. The Morgan fingerprint density at radius 3 is 2.95 bits per heavy atom. The van der Waals surface area contributed by atoms with Crippen molar-refractivity contribution in [2.24, 2.45) is 7.05 Å². The minimum atomic E-state index is -0.250. The van der Waals surface area contributed by atoms with Gasteiger partial charge in [0, 0.05) is 32.0 Å². The van der Waals surface area contributed by atoms with E-state index in [1.54, 1.807) is 21.8 Å². The summed E-state index contributed by atoms with van der Waals surface area (Å²) in [6.07, 6.45) is 5.17. The molecule has 2 aliphatic rings. The molecule has 0 aliphatic carbocycles. The van der Waals surface area contributed by atoms with Crippen molar-refractivity contribution in [2.45, 2.75) is 18.9 Å². The lowest BCUT2D eigenvalue weighted by Crippen LogP contribution is -2.41. The monoisotopic (exact) mass is 300 g/mol. The standard InChI is InChI=1S/C16H17FN4O/c1-19-10-13(9-18-19)20-7-5-14(16(20)22)21-6-4-11-2-3-12(17)8-15(11)21/h2-3,8-10,14H,4-7H2,1H3/t14-/m0/s1. The minimum absolute atomic E-state index is 0.0742. The zero-order chi connectivity index (χ0) is 15.3. The summed E-state index contributed by atoms with van der Waals surface area (Å²) >= 11 is 0. The predicted octanol–water partition coefficient (Wildman–Crippen LogP) is 1.73. The highest BCUT2D eigenvalue weighted by atomic mass is 19.1. The zero-order valence-electron chi connectivity index (χ0n) is 12.4. The number of carbonyl (C=O) groups is 1. The van der Waals surface area contributed by atoms with Gasteiger partial charge < -0.3 is 9.80 Å². The molecule has 2 aromatic rings. The van der Waals surface area contributed by atoms with Crippen LogP contribution in [0.4, 0.5) is 15.8 Å². The maximum Gasteiger partial charge on any atom is 0.249 e. The molecule has 4 rings (SSSR count). The van der Waals surface area contributed by atoms with Crippen molar-refractivity contribution in [2.75, 3.05) is 22.9 Å². The summed E-state index contributed by atoms with van der Waals surface area (Å²) in [6, 6.07) is 4.65. The predicted molar refractivity (Wildman–Crippen MR) is 81.4 cm³/mol. The van der Waals surface area contributed by atoms with Gasteiger partial charge in [-0.25, -0.2) is 4.39 Å². The van der Waals surface area contributed by atoms with E-state index in [1.165, 1.54) is 6.07 Å². The third-order valence-electron chi connectivity index (χ3n) is 4.54. The van der Waals surface area contributed by atoms with Crippen molar-refractivity contribution in [3.8, 4) is 0 Å². The summed E-state index contributed by atoms with van der Waals surface area (Å²) in [7, 11) is 1.83. The van der Waals surface area contributed by atoms with Crippen LogP contribution < -0.4 is 9.80 Å². The molecular weight excluding hydrogens is 283 g/mol. The van der Waals surface area contributed by atoms with Gasteiger partial charge in [-0.15, -0.1) is 0 Å². The Hall–Kier alpha value is -2.37. The quantitative estimate of drug-likeness (QED) is 0.848. The molecule has 0 saturated carbocycles. The van der Waals surface area contributed by atoms with Crippen LogP contribution in [0.5, 0.6) is 0 Å². The topological polar surface area (TPSA) is 41.4 Å². The summed E-state index contributed by atoms with van der Waals surface area (Å²) in [4.78, 5) is 16.6. The van der Waals surface area contributed by atoms with E-state index >= 15 is 0 Å². The van der Waals surface area contributed by atoms with Crippen molar-refractivity contribution in [1.82, 2.24) is 9.78 Å². The normalized spacial score (nSPS) is 20.8. The van der Waals surface area contributed by atoms with E-state index in [9.17, 15) is 9.18 Å². The number of rotatable bonds is 2. The lowest BCUT2D eigenvalue weighted by atomic mass is 10.1. The Bertz CT molecular complexity index is 741. The lowest BCUT2D eigenvalue weighted by Gasteiger charge is -2.25. The summed E-state index contributed by atoms with van der Waals surface area (Å²) in [5.41, 5.74) is 2.81. The molecule has 2 aliphatic heterocycles. The van der Waals surface area contributed by atoms with E-state index in [0.717, 1.165) is 36.3 Å². The molecule has 1 amide bonds. The van der Waals surface area contributed by atoms with Gasteiger partial charge >= 0.3 is 0 Å². The van der Waals surface area contributed by atoms with Crippen LogP contribution >= 0.6 is 0 Å². The molecule has 1 fully saturated rings. The number of hydrogen-bond acceptors (Lipinski definition) is 3. The highest BCUT2D eigenvalue weighted by molar-refractivity contribution is 6.01. The first-order chi connectivity index (χ1) is 10.6. The third-order valence-corrected chi connectivity index (χ3v) is 4.54. The number of hydrogen-bond donors (Lipinski definition) is 0. The Labute approximate surface area is 127 Å². The molecule has 1 atom stereocenters. The van der Waals surface area contributed by atoms with E-state index in [4.69, 9.17) is 0 Å². The second-order valence-corrected chi connectivity index (χ2v) is 5.88. The van der Waals surface area contributed by atoms with Gasteiger partial charge in [-0.05, 0) is 30.5 Å². The fourth-order valence-corrected chi connectivity index (χ4v) is 3.46. The molecule has 5 nitrogen and oxygen atoms in total. The van der Waals surface area contributed by atoms with Crippen LogP contribution in [0.2, 0.25) is 0 Å². The Kier molecular flexibility index (Phi) is 2.92. The summed E-state index contributed by atoms with van der Waals surface area (Å²) in [5, 5.41) is 4.13. The van der Waals surface area contributed by atoms with E-state index in [-0.39, 0.29) is 17.8 Å². The van der Waals surface area contributed by atoms with Crippen LogP contribution in [0, 0.1) is 5.82 Å². The first-order valence-corrected chi connectivity index (χ1v) is 7.48. The zero-order valence-corrected chi connectivity index (χ0v) is 12.4. The number of halogens is 1. The highest BCUT2D eigenvalue weighted by Crippen LogP contribution is 2.34. The van der Waals surface area contributed by atoms with Crippen molar-refractivity contribution < 1.29 is 9.18 Å². The molecule has 0 radical (unpaired) electrons. The van der Waals surface area contributed by atoms with E-state index in [1.807, 2.05) is 19.3 Å². The molecule has 22 heavy (non-hydrogen) atoms. The largest absolute Gasteiger partial charge is 0.359 e. The molecule has 3 heterocycles. The average Bonchev–Trinajstić information content (AvgIpc) is 3.17. The average molecular weight is 300 g/mol. The molecule has 0 bridgehead atoms. The first-order valence-electron chi connectivity index (χ1n) is 7.48. The Morgan fingerprint density at radius 1 is 1.32 bits per heavy atom. The third kappa shape index (κ3) is 1.98. The van der Waals surface area contributed by atoms with Crippen LogP contribution in [-0.4, -0.2) is 34.8 Å². The number of aryl methyl sites for hydroxylation is 1. The van der Waals surface area contributed by atoms with Gasteiger partial charge in [0.25, 0.3) is 0 Å². The molecule has 1 aromatic heterocycles. The lowest BCUT2D eigenvalue weighted by molar-refractivity contribution is -0.118. The minimum Gasteiger partial charge on any atom is -0.359 e. The number of benzene rings is 1. The van der Waals surface area contributed by atoms with Gasteiger partial charge in [0.1, 0.15) is 11.9 Å². The maximum atomic E-state index is 13.5. The number of aromatic nitrogens is 2. The smallest absolute Gasteiger partial charge is 0.249 e. The maximum absolute atomic E-state index is 13.5. The number of anilines is 2. The number of amides is 1. The van der Waals surface area contributed by atoms with Crippen molar-refractivity contribution in [3.63, 3.8) is 0 Å². The van der Waals surface area contributed by atoms with E-state index in [2.05, 4.69) is 10.00 Å². The van der Waals surface area contributed by atoms with Crippen LogP contribution in [-0.2, 0) is 18.3 Å². The van der Waals surface area contributed by atoms with Crippen LogP contribution in [0.15, 0.2) is 30.6 Å². The van der Waals surface area contributed by atoms with Gasteiger partial charge in [0.05, 0.1) is 11.9 Å². The van der Waals surface area contributed by atoms with E-state index < -0.39 is 0 Å². The number of fused-ring (bicyclic) bond motifs is 1. The Balaban J connectivity index is 1.61. The van der Waals surface area contributed by atoms with Gasteiger partial charge in [-0.2, -0.15) is 5.10 Å².